The maximum absolute atomic E-state index is 6.15. The molecule has 90 valence electrons. The minimum Gasteiger partial charge on any atom is -0.489 e. The van der Waals surface area contributed by atoms with Crippen molar-refractivity contribution in [2.75, 3.05) is 0 Å². The van der Waals surface area contributed by atoms with Gasteiger partial charge in [-0.1, -0.05) is 20.3 Å². The highest BCUT2D eigenvalue weighted by Gasteiger charge is 2.14. The fourth-order valence-corrected chi connectivity index (χ4v) is 1.54. The van der Waals surface area contributed by atoms with E-state index in [-0.39, 0.29) is 12.1 Å². The fraction of sp³-hybridized carbons (Fsp3) is 0.615. The molecule has 1 aromatic rings. The van der Waals surface area contributed by atoms with E-state index in [1.54, 1.807) is 6.20 Å². The van der Waals surface area contributed by atoms with Crippen LogP contribution < -0.4 is 10.5 Å². The van der Waals surface area contributed by atoms with Gasteiger partial charge in [0.25, 0.3) is 0 Å². The summed E-state index contributed by atoms with van der Waals surface area (Å²) >= 11 is 0. The van der Waals surface area contributed by atoms with E-state index in [9.17, 15) is 0 Å². The lowest BCUT2D eigenvalue weighted by Crippen LogP contribution is -2.19. The first-order chi connectivity index (χ1) is 7.54. The van der Waals surface area contributed by atoms with Crippen molar-refractivity contribution in [2.45, 2.75) is 46.3 Å². The Morgan fingerprint density at radius 3 is 2.56 bits per heavy atom. The summed E-state index contributed by atoms with van der Waals surface area (Å²) in [7, 11) is 0. The number of rotatable bonds is 5. The number of nitrogens with zero attached hydrogens (tertiary/aromatic N) is 1. The van der Waals surface area contributed by atoms with Gasteiger partial charge in [-0.25, -0.2) is 0 Å². The summed E-state index contributed by atoms with van der Waals surface area (Å²) in [6.07, 6.45) is 4.78. The highest BCUT2D eigenvalue weighted by molar-refractivity contribution is 5.26. The third-order valence-electron chi connectivity index (χ3n) is 2.75. The summed E-state index contributed by atoms with van der Waals surface area (Å²) < 4.78 is 5.60. The Labute approximate surface area is 98.0 Å². The molecule has 0 aliphatic carbocycles. The second kappa shape index (κ2) is 5.85. The summed E-state index contributed by atoms with van der Waals surface area (Å²) in [6.45, 7) is 8.30. The highest BCUT2D eigenvalue weighted by Crippen LogP contribution is 2.24. The van der Waals surface area contributed by atoms with Crippen molar-refractivity contribution in [3.05, 3.63) is 24.0 Å². The minimum absolute atomic E-state index is 0.0354. The molecule has 0 aromatic carbocycles. The Morgan fingerprint density at radius 1 is 1.31 bits per heavy atom. The van der Waals surface area contributed by atoms with E-state index < -0.39 is 0 Å². The van der Waals surface area contributed by atoms with Gasteiger partial charge in [0.1, 0.15) is 5.75 Å². The van der Waals surface area contributed by atoms with E-state index in [1.165, 1.54) is 0 Å². The van der Waals surface area contributed by atoms with Gasteiger partial charge in [-0.05, 0) is 31.4 Å². The summed E-state index contributed by atoms with van der Waals surface area (Å²) in [5.74, 6) is 1.25. The lowest BCUT2D eigenvalue weighted by atomic mass is 9.94. The molecule has 3 nitrogen and oxygen atoms in total. The molecular formula is C13H22N2O. The lowest BCUT2D eigenvalue weighted by molar-refractivity contribution is 0.241. The van der Waals surface area contributed by atoms with E-state index in [0.29, 0.717) is 5.92 Å². The molecule has 16 heavy (non-hydrogen) atoms. The van der Waals surface area contributed by atoms with Crippen LogP contribution in [0.15, 0.2) is 18.5 Å². The van der Waals surface area contributed by atoms with Crippen LogP contribution in [0.1, 0.15) is 45.7 Å². The summed E-state index contributed by atoms with van der Waals surface area (Å²) in [6, 6.07) is 2.03. The van der Waals surface area contributed by atoms with Crippen molar-refractivity contribution in [3.8, 4) is 5.75 Å². The molecule has 2 unspecified atom stereocenters. The standard InChI is InChI=1S/C13H22N2O/c1-5-10(4)13(14)11-6-12(8-15-7-11)16-9(2)3/h6-10,13H,5,14H2,1-4H3. The minimum atomic E-state index is 0.0354. The van der Waals surface area contributed by atoms with Crippen LogP contribution in [0.2, 0.25) is 0 Å². The average molecular weight is 222 g/mol. The van der Waals surface area contributed by atoms with E-state index in [4.69, 9.17) is 10.5 Å². The molecule has 0 aliphatic rings. The van der Waals surface area contributed by atoms with E-state index >= 15 is 0 Å². The first-order valence-electron chi connectivity index (χ1n) is 5.91. The lowest BCUT2D eigenvalue weighted by Gasteiger charge is -2.19. The second-order valence-electron chi connectivity index (χ2n) is 4.53. The van der Waals surface area contributed by atoms with Crippen LogP contribution in [0.4, 0.5) is 0 Å². The van der Waals surface area contributed by atoms with Gasteiger partial charge < -0.3 is 10.5 Å². The van der Waals surface area contributed by atoms with Crippen molar-refractivity contribution in [3.63, 3.8) is 0 Å². The zero-order chi connectivity index (χ0) is 12.1. The van der Waals surface area contributed by atoms with Gasteiger partial charge in [0, 0.05) is 12.2 Å². The number of ether oxygens (including phenoxy) is 1. The molecule has 1 aromatic heterocycles. The number of aromatic nitrogens is 1. The highest BCUT2D eigenvalue weighted by atomic mass is 16.5. The number of nitrogens with two attached hydrogens (primary N) is 1. The van der Waals surface area contributed by atoms with Crippen molar-refractivity contribution >= 4 is 0 Å². The monoisotopic (exact) mass is 222 g/mol. The first-order valence-corrected chi connectivity index (χ1v) is 5.91. The topological polar surface area (TPSA) is 48.1 Å². The van der Waals surface area contributed by atoms with Crippen LogP contribution in [0.25, 0.3) is 0 Å². The molecule has 0 amide bonds. The Kier molecular flexibility index (Phi) is 4.74. The molecule has 2 N–H and O–H groups in total. The van der Waals surface area contributed by atoms with Gasteiger partial charge in [-0.15, -0.1) is 0 Å². The summed E-state index contributed by atoms with van der Waals surface area (Å²) in [5.41, 5.74) is 7.20. The largest absolute Gasteiger partial charge is 0.489 e. The summed E-state index contributed by atoms with van der Waals surface area (Å²) in [4.78, 5) is 4.17. The molecule has 0 saturated heterocycles. The van der Waals surface area contributed by atoms with Crippen molar-refractivity contribution < 1.29 is 4.74 Å². The van der Waals surface area contributed by atoms with Crippen LogP contribution >= 0.6 is 0 Å². The van der Waals surface area contributed by atoms with Gasteiger partial charge >= 0.3 is 0 Å². The smallest absolute Gasteiger partial charge is 0.138 e. The maximum Gasteiger partial charge on any atom is 0.138 e. The SMILES string of the molecule is CCC(C)C(N)c1cncc(OC(C)C)c1. The third-order valence-corrected chi connectivity index (χ3v) is 2.75. The van der Waals surface area contributed by atoms with Gasteiger partial charge in [0.05, 0.1) is 12.3 Å². The van der Waals surface area contributed by atoms with Crippen molar-refractivity contribution in [2.24, 2.45) is 11.7 Å². The predicted molar refractivity (Wildman–Crippen MR) is 66.4 cm³/mol. The number of hydrogen-bond donors (Lipinski definition) is 1. The van der Waals surface area contributed by atoms with E-state index in [0.717, 1.165) is 17.7 Å². The first kappa shape index (κ1) is 13.0. The van der Waals surface area contributed by atoms with Crippen LogP contribution in [-0.4, -0.2) is 11.1 Å². The Balaban J connectivity index is 2.81. The predicted octanol–water partition coefficient (Wildman–Crippen LogP) is 2.91. The van der Waals surface area contributed by atoms with Crippen LogP contribution in [0.3, 0.4) is 0 Å². The third kappa shape index (κ3) is 3.49. The molecule has 0 saturated carbocycles. The van der Waals surface area contributed by atoms with Crippen molar-refractivity contribution in [1.29, 1.82) is 0 Å². The molecular weight excluding hydrogens is 200 g/mol. The van der Waals surface area contributed by atoms with Crippen LogP contribution in [0.5, 0.6) is 5.75 Å². The molecule has 0 fully saturated rings. The fourth-order valence-electron chi connectivity index (χ4n) is 1.54. The molecule has 0 aliphatic heterocycles. The number of pyridine rings is 1. The van der Waals surface area contributed by atoms with Gasteiger partial charge in [0.15, 0.2) is 0 Å². The Bertz CT molecular complexity index is 325. The number of hydrogen-bond acceptors (Lipinski definition) is 3. The summed E-state index contributed by atoms with van der Waals surface area (Å²) in [5, 5.41) is 0. The normalized spacial score (nSPS) is 14.9. The quantitative estimate of drug-likeness (QED) is 0.833. The zero-order valence-electron chi connectivity index (χ0n) is 10.6. The zero-order valence-corrected chi connectivity index (χ0v) is 10.6. The van der Waals surface area contributed by atoms with Crippen LogP contribution in [0, 0.1) is 5.92 Å². The van der Waals surface area contributed by atoms with E-state index in [2.05, 4.69) is 18.8 Å². The molecule has 1 rings (SSSR count). The maximum atomic E-state index is 6.15. The van der Waals surface area contributed by atoms with Crippen molar-refractivity contribution in [1.82, 2.24) is 4.98 Å². The molecule has 3 heteroatoms. The van der Waals surface area contributed by atoms with E-state index in [1.807, 2.05) is 26.1 Å². The van der Waals surface area contributed by atoms with Gasteiger partial charge in [-0.2, -0.15) is 0 Å². The average Bonchev–Trinajstić information content (AvgIpc) is 2.26. The molecule has 0 spiro atoms. The van der Waals surface area contributed by atoms with Crippen LogP contribution in [-0.2, 0) is 0 Å². The van der Waals surface area contributed by atoms with Gasteiger partial charge in [-0.3, -0.25) is 4.98 Å². The molecule has 0 radical (unpaired) electrons. The molecule has 0 bridgehead atoms. The second-order valence-corrected chi connectivity index (χ2v) is 4.53. The molecule has 1 heterocycles. The molecule has 2 atom stereocenters. The Morgan fingerprint density at radius 2 is 2.00 bits per heavy atom. The van der Waals surface area contributed by atoms with Gasteiger partial charge in [0.2, 0.25) is 0 Å². The Hall–Kier alpha value is -1.09.